The highest BCUT2D eigenvalue weighted by atomic mass is 14.9. The molecule has 0 bridgehead atoms. The van der Waals surface area contributed by atoms with E-state index in [0.29, 0.717) is 0 Å². The fraction of sp³-hybridized carbons (Fsp3) is 1.00. The van der Waals surface area contributed by atoms with Crippen LogP contribution in [0.15, 0.2) is 0 Å². The van der Waals surface area contributed by atoms with Crippen molar-refractivity contribution in [2.24, 2.45) is 0 Å². The second-order valence-corrected chi connectivity index (χ2v) is 1.10. The average molecular weight is 74.1 g/mol. The second kappa shape index (κ2) is 2.18. The number of rotatable bonds is 0. The molecule has 1 saturated heterocycles. The van der Waals surface area contributed by atoms with Crippen LogP contribution in [-0.4, -0.2) is 13.1 Å². The van der Waals surface area contributed by atoms with E-state index in [1.165, 1.54) is 19.5 Å². The molecule has 2 heteroatoms. The molecule has 1 heterocycles. The van der Waals surface area contributed by atoms with E-state index < -0.39 is 0 Å². The Kier molecular flexibility index (Phi) is 2.14. The molecule has 0 spiro atoms. The molecule has 1 aliphatic rings. The summed E-state index contributed by atoms with van der Waals surface area (Å²) in [5.41, 5.74) is 0. The first kappa shape index (κ1) is 4.92. The van der Waals surface area contributed by atoms with E-state index in [2.05, 4.69) is 5.32 Å². The van der Waals surface area contributed by atoms with Gasteiger partial charge in [0.1, 0.15) is 0 Å². The van der Waals surface area contributed by atoms with Crippen LogP contribution in [0.25, 0.3) is 0 Å². The fourth-order valence-electron chi connectivity index (χ4n) is 0.177. The first-order valence-corrected chi connectivity index (χ1v) is 1.71. The van der Waals surface area contributed by atoms with Crippen molar-refractivity contribution in [1.29, 1.82) is 0 Å². The van der Waals surface area contributed by atoms with Crippen molar-refractivity contribution in [3.8, 4) is 0 Å². The number of hydrogen-bond acceptors (Lipinski definition) is 2. The first-order valence-electron chi connectivity index (χ1n) is 1.71. The minimum atomic E-state index is 0. The van der Waals surface area contributed by atoms with E-state index >= 15 is 0 Å². The largest absolute Gasteiger partial charge is 0.344 e. The molecule has 0 saturated carbocycles. The first-order chi connectivity index (χ1) is 2.00. The van der Waals surface area contributed by atoms with E-state index in [4.69, 9.17) is 0 Å². The predicted octanol–water partition coefficient (Wildman–Crippen LogP) is 0.142. The van der Waals surface area contributed by atoms with Crippen molar-refractivity contribution in [3.63, 3.8) is 0 Å². The molecular formula is C3H10N2. The Morgan fingerprint density at radius 2 is 1.40 bits per heavy atom. The van der Waals surface area contributed by atoms with Crippen molar-refractivity contribution in [3.05, 3.63) is 0 Å². The summed E-state index contributed by atoms with van der Waals surface area (Å²) in [5.74, 6) is 0. The SMILES string of the molecule is C1CNC1.N. The Balaban J connectivity index is 0.000000160. The molecule has 0 aromatic heterocycles. The highest BCUT2D eigenvalue weighted by Gasteiger charge is 1.92. The highest BCUT2D eigenvalue weighted by Crippen LogP contribution is 1.80. The molecule has 0 aromatic carbocycles. The van der Waals surface area contributed by atoms with Gasteiger partial charge in [-0.2, -0.15) is 0 Å². The maximum absolute atomic E-state index is 3.11. The van der Waals surface area contributed by atoms with Crippen molar-refractivity contribution in [1.82, 2.24) is 11.5 Å². The van der Waals surface area contributed by atoms with Crippen LogP contribution in [-0.2, 0) is 0 Å². The predicted molar refractivity (Wildman–Crippen MR) is 22.5 cm³/mol. The molecule has 5 heavy (non-hydrogen) atoms. The maximum atomic E-state index is 3.11. The fourth-order valence-corrected chi connectivity index (χ4v) is 0.177. The smallest absolute Gasteiger partial charge is 0.00368 e. The Hall–Kier alpha value is -0.0800. The van der Waals surface area contributed by atoms with Gasteiger partial charge in [-0.15, -0.1) is 0 Å². The third-order valence-corrected chi connectivity index (χ3v) is 0.707. The van der Waals surface area contributed by atoms with E-state index in [1.807, 2.05) is 0 Å². The third kappa shape index (κ3) is 0.940. The van der Waals surface area contributed by atoms with Gasteiger partial charge in [0.05, 0.1) is 0 Å². The van der Waals surface area contributed by atoms with Crippen LogP contribution in [0.5, 0.6) is 0 Å². The van der Waals surface area contributed by atoms with Gasteiger partial charge >= 0.3 is 0 Å². The zero-order chi connectivity index (χ0) is 2.83. The molecule has 0 radical (unpaired) electrons. The van der Waals surface area contributed by atoms with E-state index in [0.717, 1.165) is 0 Å². The summed E-state index contributed by atoms with van der Waals surface area (Å²) in [6.07, 6.45) is 1.39. The minimum absolute atomic E-state index is 0. The van der Waals surface area contributed by atoms with Crippen LogP contribution in [0.2, 0.25) is 0 Å². The van der Waals surface area contributed by atoms with Gasteiger partial charge in [0, 0.05) is 0 Å². The normalized spacial score (nSPS) is 19.2. The van der Waals surface area contributed by atoms with Gasteiger partial charge < -0.3 is 11.5 Å². The molecule has 2 nitrogen and oxygen atoms in total. The Morgan fingerprint density at radius 3 is 1.40 bits per heavy atom. The summed E-state index contributed by atoms with van der Waals surface area (Å²) < 4.78 is 0. The number of nitrogens with one attached hydrogen (secondary N) is 1. The van der Waals surface area contributed by atoms with Crippen molar-refractivity contribution < 1.29 is 0 Å². The van der Waals surface area contributed by atoms with Crippen LogP contribution in [0.3, 0.4) is 0 Å². The maximum Gasteiger partial charge on any atom is -0.00368 e. The molecule has 0 atom stereocenters. The van der Waals surface area contributed by atoms with Crippen molar-refractivity contribution in [2.45, 2.75) is 6.42 Å². The monoisotopic (exact) mass is 74.1 g/mol. The van der Waals surface area contributed by atoms with Crippen molar-refractivity contribution in [2.75, 3.05) is 13.1 Å². The summed E-state index contributed by atoms with van der Waals surface area (Å²) in [5, 5.41) is 3.11. The van der Waals surface area contributed by atoms with Crippen LogP contribution in [0.1, 0.15) is 6.42 Å². The Morgan fingerprint density at radius 1 is 1.20 bits per heavy atom. The van der Waals surface area contributed by atoms with E-state index in [1.54, 1.807) is 0 Å². The third-order valence-electron chi connectivity index (χ3n) is 0.707. The number of hydrogen-bond donors (Lipinski definition) is 2. The zero-order valence-corrected chi connectivity index (χ0v) is 3.33. The standard InChI is InChI=1S/C3H7N.H3N/c1-2-4-3-1;/h4H,1-3H2;1H3. The lowest BCUT2D eigenvalue weighted by Crippen LogP contribution is -2.29. The summed E-state index contributed by atoms with van der Waals surface area (Å²) in [6, 6.07) is 0. The molecule has 1 fully saturated rings. The molecule has 4 N–H and O–H groups in total. The molecule has 32 valence electrons. The van der Waals surface area contributed by atoms with Gasteiger partial charge in [-0.05, 0) is 19.5 Å². The molecular weight excluding hydrogens is 64.0 g/mol. The van der Waals surface area contributed by atoms with Gasteiger partial charge in [-0.1, -0.05) is 0 Å². The Labute approximate surface area is 32.1 Å². The molecule has 0 aliphatic carbocycles. The van der Waals surface area contributed by atoms with Gasteiger partial charge in [-0.25, -0.2) is 0 Å². The van der Waals surface area contributed by atoms with Crippen LogP contribution >= 0.6 is 0 Å². The summed E-state index contributed by atoms with van der Waals surface area (Å²) in [7, 11) is 0. The molecule has 0 unspecified atom stereocenters. The van der Waals surface area contributed by atoms with Crippen LogP contribution in [0.4, 0.5) is 0 Å². The molecule has 1 aliphatic heterocycles. The van der Waals surface area contributed by atoms with Crippen LogP contribution < -0.4 is 11.5 Å². The Bertz CT molecular complexity index is 12.9. The van der Waals surface area contributed by atoms with Gasteiger partial charge in [0.2, 0.25) is 0 Å². The zero-order valence-electron chi connectivity index (χ0n) is 3.33. The molecule has 1 rings (SSSR count). The average Bonchev–Trinajstić information content (AvgIpc) is 0.722. The lowest BCUT2D eigenvalue weighted by Gasteiger charge is -2.09. The van der Waals surface area contributed by atoms with Gasteiger partial charge in [-0.3, -0.25) is 0 Å². The topological polar surface area (TPSA) is 47.0 Å². The lowest BCUT2D eigenvalue weighted by molar-refractivity contribution is 0.527. The summed E-state index contributed by atoms with van der Waals surface area (Å²) in [4.78, 5) is 0. The summed E-state index contributed by atoms with van der Waals surface area (Å²) >= 11 is 0. The minimum Gasteiger partial charge on any atom is -0.344 e. The summed E-state index contributed by atoms with van der Waals surface area (Å²) in [6.45, 7) is 2.50. The van der Waals surface area contributed by atoms with Gasteiger partial charge in [0.15, 0.2) is 0 Å². The lowest BCUT2D eigenvalue weighted by atomic mass is 10.3. The molecule has 0 aromatic rings. The second-order valence-electron chi connectivity index (χ2n) is 1.10. The van der Waals surface area contributed by atoms with Crippen molar-refractivity contribution >= 4 is 0 Å². The quantitative estimate of drug-likeness (QED) is 0.429. The van der Waals surface area contributed by atoms with E-state index in [-0.39, 0.29) is 6.15 Å². The van der Waals surface area contributed by atoms with Gasteiger partial charge in [0.25, 0.3) is 0 Å². The van der Waals surface area contributed by atoms with E-state index in [9.17, 15) is 0 Å². The highest BCUT2D eigenvalue weighted by molar-refractivity contribution is 4.56. The molecule has 0 amide bonds. The van der Waals surface area contributed by atoms with Crippen LogP contribution in [0, 0.1) is 0 Å².